The maximum absolute atomic E-state index is 12.8. The molecule has 1 saturated heterocycles. The third-order valence-corrected chi connectivity index (χ3v) is 7.26. The van der Waals surface area contributed by atoms with Gasteiger partial charge in [0.05, 0.1) is 0 Å². The summed E-state index contributed by atoms with van der Waals surface area (Å²) in [6.45, 7) is 11.1. The Bertz CT molecular complexity index is 674. The first-order chi connectivity index (χ1) is 18.1. The van der Waals surface area contributed by atoms with Crippen LogP contribution in [0.4, 0.5) is 4.39 Å². The maximum Gasteiger partial charge on any atom is 0.209 e. The summed E-state index contributed by atoms with van der Waals surface area (Å²) in [5.74, 6) is 0.486. The van der Waals surface area contributed by atoms with Crippen LogP contribution in [-0.4, -0.2) is 63.6 Å². The third-order valence-electron chi connectivity index (χ3n) is 7.26. The van der Waals surface area contributed by atoms with Gasteiger partial charge in [0.25, 0.3) is 0 Å². The molecular formula is C31H59FN5OU-. The molecule has 2 aliphatic rings. The van der Waals surface area contributed by atoms with Gasteiger partial charge in [0.2, 0.25) is 6.41 Å². The molecule has 1 atom stereocenters. The number of rotatable bonds is 10. The molecule has 8 heteroatoms. The number of unbranched alkanes of at least 4 members (excludes halogenated alkanes) is 1. The molecule has 1 aromatic carbocycles. The van der Waals surface area contributed by atoms with Gasteiger partial charge in [-0.3, -0.25) is 15.6 Å². The largest absolute Gasteiger partial charge is 0.598 e. The molecule has 0 spiro atoms. The molecule has 1 aromatic rings. The number of likely N-dealkylation sites (tertiary alicyclic amines) is 1. The molecule has 1 aliphatic carbocycles. The Morgan fingerprint density at radius 3 is 2.00 bits per heavy atom. The van der Waals surface area contributed by atoms with E-state index < -0.39 is 0 Å². The Balaban J connectivity index is 0. The average molecular weight is 775 g/mol. The fourth-order valence-corrected chi connectivity index (χ4v) is 4.61. The Morgan fingerprint density at radius 2 is 1.62 bits per heavy atom. The fraction of sp³-hybridized carbons (Fsp3) is 0.774. The minimum absolute atomic E-state index is 0. The van der Waals surface area contributed by atoms with E-state index in [0.717, 1.165) is 19.5 Å². The third kappa shape index (κ3) is 21.9. The van der Waals surface area contributed by atoms with E-state index in [1.807, 2.05) is 33.3 Å². The predicted octanol–water partition coefficient (Wildman–Crippen LogP) is 7.28. The molecule has 2 fully saturated rings. The SMILES string of the molecule is CCCC[C@H](CCC)c1ccc(F)cc1.CNNC1CCC(C)(C)CC1.C[N-]N(C)C.O=CN1CCCC1.[U]. The van der Waals surface area contributed by atoms with Crippen LogP contribution in [0.5, 0.6) is 0 Å². The van der Waals surface area contributed by atoms with Gasteiger partial charge in [-0.05, 0) is 102 Å². The van der Waals surface area contributed by atoms with E-state index in [9.17, 15) is 9.18 Å². The molecule has 0 unspecified atom stereocenters. The molecule has 6 nitrogen and oxygen atoms in total. The van der Waals surface area contributed by atoms with Crippen molar-refractivity contribution >= 4 is 6.41 Å². The van der Waals surface area contributed by atoms with Crippen LogP contribution in [0.25, 0.3) is 5.43 Å². The standard InChI is InChI=1S/C14H21F.C9H20N2.C5H9NO.C3H9N2.U/c1-3-5-7-12(6-4-2)13-8-10-14(15)11-9-13;1-9(2)6-4-8(5-7-9)11-10-3;7-5-6-3-1-2-4-6;1-4-5(2)3;/h8-12H,3-7H2,1-2H3;8,10-11H,4-7H2,1-3H3;5H,1-4H2;1-3H3;/q;;;-1;/t12-;;;;/m0..../s1. The molecule has 0 radical (unpaired) electrons. The van der Waals surface area contributed by atoms with Crippen LogP contribution in [0.15, 0.2) is 24.3 Å². The molecule has 1 heterocycles. The molecule has 1 amide bonds. The second-order valence-electron chi connectivity index (χ2n) is 11.4. The second kappa shape index (κ2) is 25.2. The van der Waals surface area contributed by atoms with Gasteiger partial charge in [0, 0.05) is 50.2 Å². The monoisotopic (exact) mass is 775 g/mol. The van der Waals surface area contributed by atoms with Crippen LogP contribution in [0.3, 0.4) is 0 Å². The van der Waals surface area contributed by atoms with Gasteiger partial charge in [-0.1, -0.05) is 59.1 Å². The molecule has 226 valence electrons. The van der Waals surface area contributed by atoms with Crippen LogP contribution >= 0.6 is 0 Å². The first kappa shape index (κ1) is 40.7. The minimum Gasteiger partial charge on any atom is -0.598 e. The summed E-state index contributed by atoms with van der Waals surface area (Å²) in [6.07, 6.45) is 14.8. The normalized spacial score (nSPS) is 16.9. The molecule has 1 aliphatic heterocycles. The summed E-state index contributed by atoms with van der Waals surface area (Å²) < 4.78 is 12.8. The van der Waals surface area contributed by atoms with Gasteiger partial charge in [-0.25, -0.2) is 4.39 Å². The number of carbonyl (C=O) groups excluding carboxylic acids is 1. The van der Waals surface area contributed by atoms with E-state index >= 15 is 0 Å². The first-order valence-corrected chi connectivity index (χ1v) is 14.8. The zero-order valence-electron chi connectivity index (χ0n) is 26.4. The summed E-state index contributed by atoms with van der Waals surface area (Å²) in [6, 6.07) is 7.72. The predicted molar refractivity (Wildman–Crippen MR) is 162 cm³/mol. The van der Waals surface area contributed by atoms with Gasteiger partial charge in [-0.15, -0.1) is 0 Å². The van der Waals surface area contributed by atoms with Crippen molar-refractivity contribution in [2.45, 2.75) is 110 Å². The number of hydrogen-bond acceptors (Lipinski definition) is 4. The van der Waals surface area contributed by atoms with Crippen LogP contribution in [0.2, 0.25) is 0 Å². The van der Waals surface area contributed by atoms with Gasteiger partial charge in [0.1, 0.15) is 5.82 Å². The van der Waals surface area contributed by atoms with Gasteiger partial charge >= 0.3 is 0 Å². The number of hydrogen-bond donors (Lipinski definition) is 2. The number of amides is 1. The number of halogens is 1. The summed E-state index contributed by atoms with van der Waals surface area (Å²) in [4.78, 5) is 11.7. The minimum atomic E-state index is -0.135. The van der Waals surface area contributed by atoms with Crippen molar-refractivity contribution < 1.29 is 40.3 Å². The molecule has 3 rings (SSSR count). The van der Waals surface area contributed by atoms with E-state index in [2.05, 4.69) is 44.0 Å². The van der Waals surface area contributed by atoms with Crippen LogP contribution < -0.4 is 10.9 Å². The van der Waals surface area contributed by atoms with Crippen LogP contribution in [0, 0.1) is 42.3 Å². The number of benzene rings is 1. The van der Waals surface area contributed by atoms with Crippen molar-refractivity contribution in [3.8, 4) is 0 Å². The summed E-state index contributed by atoms with van der Waals surface area (Å²) in [5, 5.41) is 1.75. The Labute approximate surface area is 264 Å². The van der Waals surface area contributed by atoms with Gasteiger partial charge < -0.3 is 15.3 Å². The van der Waals surface area contributed by atoms with Gasteiger partial charge in [-0.2, -0.15) is 7.05 Å². The van der Waals surface area contributed by atoms with E-state index in [-0.39, 0.29) is 36.9 Å². The van der Waals surface area contributed by atoms with Gasteiger partial charge in [0.15, 0.2) is 0 Å². The van der Waals surface area contributed by atoms with Crippen molar-refractivity contribution in [1.82, 2.24) is 20.8 Å². The van der Waals surface area contributed by atoms with Crippen LogP contribution in [-0.2, 0) is 4.79 Å². The van der Waals surface area contributed by atoms with E-state index in [4.69, 9.17) is 0 Å². The molecule has 0 aromatic heterocycles. The number of nitrogens with zero attached hydrogens (tertiary/aromatic N) is 3. The average Bonchev–Trinajstić information content (AvgIpc) is 3.44. The Hall–Kier alpha value is -0.488. The number of hydrazine groups is 1. The van der Waals surface area contributed by atoms with Crippen molar-refractivity contribution in [3.63, 3.8) is 0 Å². The molecule has 1 saturated carbocycles. The van der Waals surface area contributed by atoms with Crippen molar-refractivity contribution in [2.75, 3.05) is 41.3 Å². The number of nitrogens with one attached hydrogen (secondary N) is 2. The van der Waals surface area contributed by atoms with Crippen molar-refractivity contribution in [3.05, 3.63) is 41.1 Å². The number of carbonyl (C=O) groups is 1. The quantitative estimate of drug-likeness (QED) is 0.194. The Kier molecular flexibility index (Phi) is 26.3. The molecule has 2 N–H and O–H groups in total. The molecular weight excluding hydrogens is 715 g/mol. The van der Waals surface area contributed by atoms with E-state index in [1.165, 1.54) is 76.2 Å². The van der Waals surface area contributed by atoms with E-state index in [0.29, 0.717) is 17.4 Å². The van der Waals surface area contributed by atoms with Crippen molar-refractivity contribution in [1.29, 1.82) is 0 Å². The summed E-state index contributed by atoms with van der Waals surface area (Å²) in [7, 11) is 7.47. The first-order valence-electron chi connectivity index (χ1n) is 14.8. The second-order valence-corrected chi connectivity index (χ2v) is 11.4. The zero-order valence-corrected chi connectivity index (χ0v) is 30.5. The maximum atomic E-state index is 12.8. The topological polar surface area (TPSA) is 61.7 Å². The summed E-state index contributed by atoms with van der Waals surface area (Å²) in [5.41, 5.74) is 11.9. The Morgan fingerprint density at radius 1 is 1.08 bits per heavy atom. The molecule has 0 bridgehead atoms. The zero-order chi connectivity index (χ0) is 28.8. The van der Waals surface area contributed by atoms with Crippen LogP contribution in [0.1, 0.15) is 110 Å². The molecule has 39 heavy (non-hydrogen) atoms. The summed E-state index contributed by atoms with van der Waals surface area (Å²) >= 11 is 0. The fourth-order valence-electron chi connectivity index (χ4n) is 4.61. The smallest absolute Gasteiger partial charge is 0.209 e. The van der Waals surface area contributed by atoms with Crippen molar-refractivity contribution in [2.24, 2.45) is 5.41 Å². The van der Waals surface area contributed by atoms with E-state index in [1.54, 1.807) is 29.1 Å².